The molecular weight excluding hydrogens is 436 g/mol. The molecule has 32 heavy (non-hydrogen) atoms. The van der Waals surface area contributed by atoms with Crippen molar-refractivity contribution in [2.75, 3.05) is 32.7 Å². The van der Waals surface area contributed by atoms with Gasteiger partial charge in [-0.2, -0.15) is 0 Å². The van der Waals surface area contributed by atoms with Gasteiger partial charge in [0.05, 0.1) is 18.5 Å². The summed E-state index contributed by atoms with van der Waals surface area (Å²) in [7, 11) is -0.837. The van der Waals surface area contributed by atoms with Crippen LogP contribution in [0.25, 0.3) is 0 Å². The summed E-state index contributed by atoms with van der Waals surface area (Å²) in [6, 6.07) is 0.882. The van der Waals surface area contributed by atoms with Gasteiger partial charge in [-0.25, -0.2) is 23.5 Å². The van der Waals surface area contributed by atoms with Crippen molar-refractivity contribution in [1.82, 2.24) is 15.0 Å². The quantitative estimate of drug-likeness (QED) is 0.367. The molecule has 0 aliphatic carbocycles. The average Bonchev–Trinajstić information content (AvgIpc) is 2.73. The van der Waals surface area contributed by atoms with Gasteiger partial charge in [-0.15, -0.1) is 0 Å². The van der Waals surface area contributed by atoms with E-state index in [1.807, 2.05) is 27.7 Å². The predicted molar refractivity (Wildman–Crippen MR) is 123 cm³/mol. The van der Waals surface area contributed by atoms with Crippen molar-refractivity contribution in [3.63, 3.8) is 0 Å². The standard InChI is InChI=1S/C20H32N6O5S/c1-11(2)14-7-16(30-6)24-17(12(3)4)18(14)25-20(27)26-32(22,28)15(8-21)19-23-9-13(29-5)10-31-19/h7-8,11-13,21,23H,9-10H2,1-6H3,(H3,22,25,26,27,28)/b19-15-,21-8?/t13-,32?/m0/s1. The van der Waals surface area contributed by atoms with E-state index in [0.717, 1.165) is 11.8 Å². The molecule has 0 spiro atoms. The molecule has 1 aromatic rings. The molecule has 1 unspecified atom stereocenters. The minimum atomic E-state index is -3.89. The molecule has 2 rings (SSSR count). The Hall–Kier alpha value is -2.86. The van der Waals surface area contributed by atoms with E-state index in [-0.39, 0.29) is 35.3 Å². The van der Waals surface area contributed by atoms with Crippen molar-refractivity contribution >= 4 is 27.8 Å². The Morgan fingerprint density at radius 1 is 1.34 bits per heavy atom. The zero-order valence-corrected chi connectivity index (χ0v) is 20.0. The maximum absolute atomic E-state index is 13.0. The number of amides is 2. The number of ether oxygens (including phenoxy) is 3. The van der Waals surface area contributed by atoms with Gasteiger partial charge in [0.2, 0.25) is 11.8 Å². The molecule has 0 radical (unpaired) electrons. The van der Waals surface area contributed by atoms with E-state index in [0.29, 0.717) is 23.8 Å². The second-order valence-corrected chi connectivity index (χ2v) is 9.58. The summed E-state index contributed by atoms with van der Waals surface area (Å²) in [5.41, 5.74) is 1.87. The highest BCUT2D eigenvalue weighted by Crippen LogP contribution is 2.34. The molecule has 0 bridgehead atoms. The zero-order chi connectivity index (χ0) is 24.1. The Morgan fingerprint density at radius 3 is 2.50 bits per heavy atom. The van der Waals surface area contributed by atoms with Gasteiger partial charge in [-0.05, 0) is 17.4 Å². The molecule has 2 atom stereocenters. The van der Waals surface area contributed by atoms with Crippen molar-refractivity contribution < 1.29 is 23.2 Å². The van der Waals surface area contributed by atoms with Crippen LogP contribution in [0.5, 0.6) is 5.88 Å². The Balaban J connectivity index is 2.32. The zero-order valence-electron chi connectivity index (χ0n) is 19.2. The maximum atomic E-state index is 13.0. The molecule has 12 heteroatoms. The third-order valence-electron chi connectivity index (χ3n) is 4.81. The van der Waals surface area contributed by atoms with Crippen molar-refractivity contribution in [2.45, 2.75) is 45.6 Å². The lowest BCUT2D eigenvalue weighted by Gasteiger charge is -2.27. The Bertz CT molecular complexity index is 951. The number of rotatable bonds is 8. The van der Waals surface area contributed by atoms with Crippen LogP contribution in [0, 0.1) is 10.2 Å². The van der Waals surface area contributed by atoms with E-state index in [1.165, 1.54) is 14.2 Å². The van der Waals surface area contributed by atoms with Gasteiger partial charge in [0, 0.05) is 25.9 Å². The van der Waals surface area contributed by atoms with Crippen LogP contribution in [-0.4, -0.2) is 54.9 Å². The van der Waals surface area contributed by atoms with E-state index in [2.05, 4.69) is 20.3 Å². The van der Waals surface area contributed by atoms with Gasteiger partial charge in [0.25, 0.3) is 0 Å². The van der Waals surface area contributed by atoms with Crippen LogP contribution < -0.4 is 20.1 Å². The number of methoxy groups -OCH3 is 2. The molecule has 2 heterocycles. The summed E-state index contributed by atoms with van der Waals surface area (Å²) in [6.45, 7) is 8.32. The monoisotopic (exact) mass is 468 g/mol. The lowest BCUT2D eigenvalue weighted by molar-refractivity contribution is 0.00301. The highest BCUT2D eigenvalue weighted by Gasteiger charge is 2.26. The number of pyridine rings is 1. The van der Waals surface area contributed by atoms with E-state index in [9.17, 15) is 9.00 Å². The Labute approximate surface area is 188 Å². The molecule has 178 valence electrons. The van der Waals surface area contributed by atoms with Crippen LogP contribution in [0.2, 0.25) is 0 Å². The van der Waals surface area contributed by atoms with Crippen LogP contribution in [0.3, 0.4) is 0 Å². The van der Waals surface area contributed by atoms with Crippen LogP contribution in [-0.2, 0) is 19.4 Å². The van der Waals surface area contributed by atoms with Gasteiger partial charge in [0.1, 0.15) is 17.6 Å². The van der Waals surface area contributed by atoms with Gasteiger partial charge in [-0.3, -0.25) is 0 Å². The minimum absolute atomic E-state index is 0.00505. The topological polar surface area (TPSA) is 159 Å². The minimum Gasteiger partial charge on any atom is -0.481 e. The van der Waals surface area contributed by atoms with E-state index >= 15 is 0 Å². The van der Waals surface area contributed by atoms with Gasteiger partial charge in [0.15, 0.2) is 9.92 Å². The lowest BCUT2D eigenvalue weighted by atomic mass is 9.97. The fourth-order valence-electron chi connectivity index (χ4n) is 3.08. The van der Waals surface area contributed by atoms with Crippen LogP contribution >= 0.6 is 0 Å². The molecule has 2 amide bonds. The summed E-state index contributed by atoms with van der Waals surface area (Å²) in [5, 5.41) is 13.2. The first kappa shape index (κ1) is 25.4. The highest BCUT2D eigenvalue weighted by molar-refractivity contribution is 7.95. The summed E-state index contributed by atoms with van der Waals surface area (Å²) in [4.78, 5) is 17.0. The SMILES string of the molecule is COc1cc(C(C)C)c(NC(=O)NS(=N)(=O)/C(C=N)=C2/NC[C@H](OC)CO2)c(C(C)C)n1. The number of urea groups is 1. The van der Waals surface area contributed by atoms with E-state index in [1.54, 1.807) is 6.07 Å². The molecule has 1 aromatic heterocycles. The Kier molecular flexibility index (Phi) is 8.44. The fourth-order valence-corrected chi connectivity index (χ4v) is 4.06. The normalized spacial score (nSPS) is 19.4. The number of carbonyl (C=O) groups is 1. The van der Waals surface area contributed by atoms with Crippen LogP contribution in [0.1, 0.15) is 50.8 Å². The summed E-state index contributed by atoms with van der Waals surface area (Å²) >= 11 is 0. The number of nitrogens with one attached hydrogen (secondary N) is 5. The number of anilines is 1. The number of nitrogens with zero attached hydrogens (tertiary/aromatic N) is 1. The second-order valence-electron chi connectivity index (χ2n) is 7.82. The molecule has 1 aliphatic rings. The number of carbonyl (C=O) groups excluding carboxylic acids is 1. The van der Waals surface area contributed by atoms with Gasteiger partial charge < -0.3 is 30.3 Å². The van der Waals surface area contributed by atoms with Crippen molar-refractivity contribution in [3.05, 3.63) is 28.1 Å². The number of aromatic nitrogens is 1. The maximum Gasteiger partial charge on any atom is 0.332 e. The Morgan fingerprint density at radius 2 is 2.03 bits per heavy atom. The average molecular weight is 469 g/mol. The van der Waals surface area contributed by atoms with Crippen molar-refractivity contribution in [3.8, 4) is 5.88 Å². The first-order valence-corrected chi connectivity index (χ1v) is 11.7. The number of allylic oxidation sites excluding steroid dienone is 1. The third-order valence-corrected chi connectivity index (χ3v) is 6.20. The predicted octanol–water partition coefficient (Wildman–Crippen LogP) is 2.87. The smallest absolute Gasteiger partial charge is 0.332 e. The van der Waals surface area contributed by atoms with Crippen molar-refractivity contribution in [2.24, 2.45) is 0 Å². The number of hydrogen-bond donors (Lipinski definition) is 5. The van der Waals surface area contributed by atoms with E-state index < -0.39 is 15.9 Å². The van der Waals surface area contributed by atoms with Crippen LogP contribution in [0.15, 0.2) is 16.9 Å². The molecule has 11 nitrogen and oxygen atoms in total. The number of hydrogen-bond acceptors (Lipinski definition) is 9. The first-order valence-electron chi connectivity index (χ1n) is 10.1. The lowest BCUT2D eigenvalue weighted by Crippen LogP contribution is -2.42. The van der Waals surface area contributed by atoms with Crippen LogP contribution in [0.4, 0.5) is 10.5 Å². The van der Waals surface area contributed by atoms with Crippen molar-refractivity contribution in [1.29, 1.82) is 10.2 Å². The molecule has 0 aromatic carbocycles. The van der Waals surface area contributed by atoms with E-state index in [4.69, 9.17) is 24.4 Å². The largest absolute Gasteiger partial charge is 0.481 e. The van der Waals surface area contributed by atoms with Gasteiger partial charge >= 0.3 is 6.03 Å². The first-order chi connectivity index (χ1) is 15.0. The summed E-state index contributed by atoms with van der Waals surface area (Å²) < 4.78 is 39.3. The molecule has 5 N–H and O–H groups in total. The highest BCUT2D eigenvalue weighted by atomic mass is 32.2. The van der Waals surface area contributed by atoms with Gasteiger partial charge in [-0.1, -0.05) is 27.7 Å². The molecule has 1 aliphatic heterocycles. The molecular formula is C20H32N6O5S. The molecule has 1 saturated heterocycles. The summed E-state index contributed by atoms with van der Waals surface area (Å²) in [6.07, 6.45) is 0.522. The summed E-state index contributed by atoms with van der Waals surface area (Å²) in [5.74, 6) is 0.433. The fraction of sp³-hybridized carbons (Fsp3) is 0.550. The molecule has 1 fully saturated rings. The molecule has 0 saturated carbocycles. The second kappa shape index (κ2) is 10.6. The third kappa shape index (κ3) is 5.88.